The molecule has 204 valence electrons. The number of ether oxygens (including phenoxy) is 1. The molecule has 5 rings (SSSR count). The number of rotatable bonds is 13. The molecule has 0 saturated carbocycles. The minimum Gasteiger partial charge on any atom is -0.493 e. The van der Waals surface area contributed by atoms with Crippen LogP contribution in [-0.4, -0.2) is 28.6 Å². The highest BCUT2D eigenvalue weighted by Crippen LogP contribution is 2.21. The van der Waals surface area contributed by atoms with E-state index in [1.54, 1.807) is 0 Å². The molecule has 0 aliphatic heterocycles. The number of carbonyl (C=O) groups excluding carboxylic acids is 1. The van der Waals surface area contributed by atoms with Gasteiger partial charge in [-0.05, 0) is 66.6 Å². The Balaban J connectivity index is 1.08. The molecule has 0 bridgehead atoms. The van der Waals surface area contributed by atoms with Gasteiger partial charge in [-0.25, -0.2) is 4.98 Å². The number of hydrogen-bond donors (Lipinski definition) is 1. The first kappa shape index (κ1) is 27.2. The van der Waals surface area contributed by atoms with Gasteiger partial charge in [-0.2, -0.15) is 0 Å². The van der Waals surface area contributed by atoms with Crippen LogP contribution in [0.4, 0.5) is 0 Å². The number of fused-ring (bicyclic) bond motifs is 1. The molecular weight excluding hydrogens is 494 g/mol. The Morgan fingerprint density at radius 2 is 1.52 bits per heavy atom. The van der Waals surface area contributed by atoms with Gasteiger partial charge in [0.1, 0.15) is 11.6 Å². The van der Waals surface area contributed by atoms with Crippen LogP contribution in [0.2, 0.25) is 0 Å². The first-order valence-electron chi connectivity index (χ1n) is 14.2. The molecule has 5 aromatic rings. The summed E-state index contributed by atoms with van der Waals surface area (Å²) < 4.78 is 8.31. The third-order valence-electron chi connectivity index (χ3n) is 7.19. The predicted octanol–water partition coefficient (Wildman–Crippen LogP) is 7.16. The second kappa shape index (κ2) is 13.6. The fourth-order valence-electron chi connectivity index (χ4n) is 5.01. The lowest BCUT2D eigenvalue weighted by Crippen LogP contribution is -2.26. The molecule has 1 aromatic heterocycles. The van der Waals surface area contributed by atoms with E-state index in [1.165, 1.54) is 16.6 Å². The van der Waals surface area contributed by atoms with Crippen molar-refractivity contribution in [2.24, 2.45) is 0 Å². The number of amides is 1. The van der Waals surface area contributed by atoms with Gasteiger partial charge in [-0.3, -0.25) is 4.79 Å². The van der Waals surface area contributed by atoms with Crippen LogP contribution in [0.3, 0.4) is 0 Å². The van der Waals surface area contributed by atoms with Crippen LogP contribution in [0.25, 0.3) is 22.2 Å². The summed E-state index contributed by atoms with van der Waals surface area (Å²) in [7, 11) is 0. The molecule has 40 heavy (non-hydrogen) atoms. The second-order valence-electron chi connectivity index (χ2n) is 10.2. The van der Waals surface area contributed by atoms with Crippen LogP contribution in [0.5, 0.6) is 5.75 Å². The minimum atomic E-state index is 0.0506. The van der Waals surface area contributed by atoms with Crippen molar-refractivity contribution in [3.8, 4) is 16.9 Å². The van der Waals surface area contributed by atoms with E-state index >= 15 is 0 Å². The summed E-state index contributed by atoms with van der Waals surface area (Å²) in [6, 6.07) is 35.0. The summed E-state index contributed by atoms with van der Waals surface area (Å²) in [5, 5.41) is 3.09. The van der Waals surface area contributed by atoms with Gasteiger partial charge >= 0.3 is 0 Å². The van der Waals surface area contributed by atoms with Crippen LogP contribution in [0, 0.1) is 6.92 Å². The lowest BCUT2D eigenvalue weighted by Gasteiger charge is -2.11. The number of carbonyl (C=O) groups is 1. The lowest BCUT2D eigenvalue weighted by molar-refractivity contribution is -0.120. The van der Waals surface area contributed by atoms with Crippen LogP contribution in [0.1, 0.15) is 36.2 Å². The average Bonchev–Trinajstić information content (AvgIpc) is 3.34. The van der Waals surface area contributed by atoms with E-state index in [2.05, 4.69) is 65.3 Å². The van der Waals surface area contributed by atoms with Crippen molar-refractivity contribution in [1.82, 2.24) is 14.9 Å². The van der Waals surface area contributed by atoms with Crippen LogP contribution < -0.4 is 10.1 Å². The third kappa shape index (κ3) is 7.17. The molecule has 0 unspecified atom stereocenters. The molecular formula is C35H37N3O2. The maximum Gasteiger partial charge on any atom is 0.224 e. The Labute approximate surface area is 236 Å². The maximum atomic E-state index is 12.6. The smallest absolute Gasteiger partial charge is 0.224 e. The highest BCUT2D eigenvalue weighted by Gasteiger charge is 2.11. The quantitative estimate of drug-likeness (QED) is 0.164. The van der Waals surface area contributed by atoms with Gasteiger partial charge in [0, 0.05) is 19.5 Å². The van der Waals surface area contributed by atoms with E-state index in [0.29, 0.717) is 19.6 Å². The average molecular weight is 532 g/mol. The Hall–Kier alpha value is -4.38. The van der Waals surface area contributed by atoms with Crippen molar-refractivity contribution < 1.29 is 9.53 Å². The van der Waals surface area contributed by atoms with E-state index in [4.69, 9.17) is 9.72 Å². The van der Waals surface area contributed by atoms with Crippen molar-refractivity contribution >= 4 is 16.9 Å². The topological polar surface area (TPSA) is 56.1 Å². The number of unbranched alkanes of at least 4 members (excludes halogenated alkanes) is 1. The molecule has 5 heteroatoms. The summed E-state index contributed by atoms with van der Waals surface area (Å²) in [5.41, 5.74) is 6.72. The number of nitrogens with zero attached hydrogens (tertiary/aromatic N) is 2. The minimum absolute atomic E-state index is 0.0506. The number of aryl methyl sites for hydroxylation is 3. The summed E-state index contributed by atoms with van der Waals surface area (Å²) >= 11 is 0. The molecule has 0 atom stereocenters. The van der Waals surface area contributed by atoms with Crippen molar-refractivity contribution in [2.45, 2.75) is 45.6 Å². The summed E-state index contributed by atoms with van der Waals surface area (Å²) in [6.45, 7) is 4.31. The summed E-state index contributed by atoms with van der Waals surface area (Å²) in [6.07, 6.45) is 4.04. The number of hydrogen-bond acceptors (Lipinski definition) is 3. The third-order valence-corrected chi connectivity index (χ3v) is 7.19. The zero-order valence-corrected chi connectivity index (χ0v) is 23.2. The van der Waals surface area contributed by atoms with E-state index in [0.717, 1.165) is 60.4 Å². The molecule has 1 amide bonds. The monoisotopic (exact) mass is 531 g/mol. The molecule has 0 fully saturated rings. The highest BCUT2D eigenvalue weighted by atomic mass is 16.5. The summed E-state index contributed by atoms with van der Waals surface area (Å²) in [4.78, 5) is 17.5. The Morgan fingerprint density at radius 3 is 2.35 bits per heavy atom. The molecule has 1 N–H and O–H groups in total. The molecule has 0 aliphatic rings. The highest BCUT2D eigenvalue weighted by molar-refractivity contribution is 5.79. The van der Waals surface area contributed by atoms with Crippen molar-refractivity contribution in [1.29, 1.82) is 0 Å². The molecule has 0 aliphatic carbocycles. The fourth-order valence-corrected chi connectivity index (χ4v) is 5.01. The number of aromatic nitrogens is 2. The molecule has 0 spiro atoms. The standard InChI is InChI=1S/C35H37N3O2/c1-27-12-5-8-17-33(27)40-25-10-9-24-38-32-16-7-6-15-31(32)37-34(38)18-11-23-36-35(39)26-28-19-21-30(22-20-28)29-13-3-2-4-14-29/h2-8,12-17,19-22H,9-11,18,23-26H2,1H3,(H,36,39). The maximum absolute atomic E-state index is 12.6. The van der Waals surface area contributed by atoms with Crippen molar-refractivity contribution in [3.63, 3.8) is 0 Å². The number of nitrogens with one attached hydrogen (secondary N) is 1. The Kier molecular flexibility index (Phi) is 9.25. The van der Waals surface area contributed by atoms with Gasteiger partial charge in [0.05, 0.1) is 24.1 Å². The van der Waals surface area contributed by atoms with E-state index < -0.39 is 0 Å². The second-order valence-corrected chi connectivity index (χ2v) is 10.2. The molecule has 4 aromatic carbocycles. The van der Waals surface area contributed by atoms with Gasteiger partial charge in [-0.1, -0.05) is 84.9 Å². The summed E-state index contributed by atoms with van der Waals surface area (Å²) in [5.74, 6) is 2.09. The van der Waals surface area contributed by atoms with Crippen LogP contribution in [0.15, 0.2) is 103 Å². The fraction of sp³-hybridized carbons (Fsp3) is 0.257. The van der Waals surface area contributed by atoms with Crippen molar-refractivity contribution in [3.05, 3.63) is 120 Å². The van der Waals surface area contributed by atoms with Gasteiger partial charge < -0.3 is 14.6 Å². The van der Waals surface area contributed by atoms with E-state index in [9.17, 15) is 4.79 Å². The van der Waals surface area contributed by atoms with E-state index in [-0.39, 0.29) is 5.91 Å². The van der Waals surface area contributed by atoms with Gasteiger partial charge in [-0.15, -0.1) is 0 Å². The van der Waals surface area contributed by atoms with Gasteiger partial charge in [0.2, 0.25) is 5.91 Å². The first-order valence-corrected chi connectivity index (χ1v) is 14.2. The number of benzene rings is 4. The molecule has 1 heterocycles. The van der Waals surface area contributed by atoms with Gasteiger partial charge in [0.15, 0.2) is 0 Å². The zero-order chi connectivity index (χ0) is 27.6. The Morgan fingerprint density at radius 1 is 0.800 bits per heavy atom. The first-order chi connectivity index (χ1) is 19.7. The number of para-hydroxylation sites is 3. The zero-order valence-electron chi connectivity index (χ0n) is 23.2. The largest absolute Gasteiger partial charge is 0.493 e. The number of imidazole rings is 1. The molecule has 0 radical (unpaired) electrons. The van der Waals surface area contributed by atoms with Crippen LogP contribution in [-0.2, 0) is 24.2 Å². The van der Waals surface area contributed by atoms with Crippen molar-refractivity contribution in [2.75, 3.05) is 13.2 Å². The molecule has 5 nitrogen and oxygen atoms in total. The van der Waals surface area contributed by atoms with E-state index in [1.807, 2.05) is 54.6 Å². The SMILES string of the molecule is Cc1ccccc1OCCCCn1c(CCCNC(=O)Cc2ccc(-c3ccccc3)cc2)nc2ccccc21. The molecule has 0 saturated heterocycles. The normalized spacial score (nSPS) is 11.0. The van der Waals surface area contributed by atoms with Crippen LogP contribution >= 0.6 is 0 Å². The predicted molar refractivity (Wildman–Crippen MR) is 163 cm³/mol. The lowest BCUT2D eigenvalue weighted by atomic mass is 10.0. The Bertz CT molecular complexity index is 1520. The van der Waals surface area contributed by atoms with Gasteiger partial charge in [0.25, 0.3) is 0 Å².